The quantitative estimate of drug-likeness (QED) is 0.686. The molecule has 0 atom stereocenters. The van der Waals surface area contributed by atoms with Crippen LogP contribution in [0.3, 0.4) is 0 Å². The second kappa shape index (κ2) is 4.83. The highest BCUT2D eigenvalue weighted by molar-refractivity contribution is 5.81. The third-order valence-electron chi connectivity index (χ3n) is 2.29. The summed E-state index contributed by atoms with van der Waals surface area (Å²) in [7, 11) is 3.43. The Bertz CT molecular complexity index is 227. The lowest BCUT2D eigenvalue weighted by atomic mass is 10.4. The molecule has 1 aliphatic rings. The number of hydrogen-bond donors (Lipinski definition) is 2. The molecule has 0 aliphatic carbocycles. The second-order valence-corrected chi connectivity index (χ2v) is 3.66. The van der Waals surface area contributed by atoms with Crippen LogP contribution in [0, 0.1) is 5.41 Å². The minimum atomic E-state index is -0.0734. The van der Waals surface area contributed by atoms with Gasteiger partial charge in [0.25, 0.3) is 0 Å². The Hall–Kier alpha value is -1.26. The van der Waals surface area contributed by atoms with E-state index in [1.807, 2.05) is 4.90 Å². The normalized spacial score (nSPS) is 15.9. The van der Waals surface area contributed by atoms with Crippen LogP contribution in [0.1, 0.15) is 12.8 Å². The van der Waals surface area contributed by atoms with Crippen molar-refractivity contribution in [3.05, 3.63) is 0 Å². The summed E-state index contributed by atoms with van der Waals surface area (Å²) in [6, 6.07) is -0.0734. The van der Waals surface area contributed by atoms with E-state index in [0.717, 1.165) is 25.9 Å². The molecule has 1 rings (SSSR count). The highest BCUT2D eigenvalue weighted by Crippen LogP contribution is 2.08. The average molecular weight is 198 g/mol. The van der Waals surface area contributed by atoms with Gasteiger partial charge in [0.1, 0.15) is 0 Å². The van der Waals surface area contributed by atoms with Crippen molar-refractivity contribution in [3.8, 4) is 0 Å². The number of rotatable bonds is 3. The van der Waals surface area contributed by atoms with Crippen molar-refractivity contribution >= 4 is 11.9 Å². The van der Waals surface area contributed by atoms with Gasteiger partial charge < -0.3 is 15.1 Å². The van der Waals surface area contributed by atoms with Crippen LogP contribution in [-0.4, -0.2) is 55.4 Å². The summed E-state index contributed by atoms with van der Waals surface area (Å²) in [4.78, 5) is 14.7. The van der Waals surface area contributed by atoms with Gasteiger partial charge in [-0.3, -0.25) is 5.41 Å². The first-order chi connectivity index (χ1) is 6.61. The SMILES string of the molecule is CN(C)C(=O)NCCN1CCCC1=N. The number of urea groups is 1. The van der Waals surface area contributed by atoms with Gasteiger partial charge in [-0.25, -0.2) is 4.79 Å². The van der Waals surface area contributed by atoms with Crippen molar-refractivity contribution in [2.24, 2.45) is 0 Å². The fourth-order valence-electron chi connectivity index (χ4n) is 1.43. The van der Waals surface area contributed by atoms with Crippen LogP contribution in [0.4, 0.5) is 4.79 Å². The van der Waals surface area contributed by atoms with Crippen LogP contribution in [0.5, 0.6) is 0 Å². The van der Waals surface area contributed by atoms with Crippen LogP contribution in [0.15, 0.2) is 0 Å². The Kier molecular flexibility index (Phi) is 3.73. The minimum absolute atomic E-state index is 0.0734. The lowest BCUT2D eigenvalue weighted by Crippen LogP contribution is -2.39. The average Bonchev–Trinajstić information content (AvgIpc) is 2.51. The summed E-state index contributed by atoms with van der Waals surface area (Å²) < 4.78 is 0. The maximum absolute atomic E-state index is 11.1. The van der Waals surface area contributed by atoms with Crippen LogP contribution in [0.25, 0.3) is 0 Å². The smallest absolute Gasteiger partial charge is 0.316 e. The van der Waals surface area contributed by atoms with E-state index in [2.05, 4.69) is 5.32 Å². The van der Waals surface area contributed by atoms with Gasteiger partial charge in [-0.2, -0.15) is 0 Å². The van der Waals surface area contributed by atoms with Gasteiger partial charge >= 0.3 is 6.03 Å². The van der Waals surface area contributed by atoms with Crippen molar-refractivity contribution in [2.75, 3.05) is 33.7 Å². The highest BCUT2D eigenvalue weighted by Gasteiger charge is 2.16. The number of amides is 2. The molecular weight excluding hydrogens is 180 g/mol. The zero-order chi connectivity index (χ0) is 10.6. The molecule has 5 nitrogen and oxygen atoms in total. The zero-order valence-electron chi connectivity index (χ0n) is 8.84. The summed E-state index contributed by atoms with van der Waals surface area (Å²) in [6.45, 7) is 2.31. The van der Waals surface area contributed by atoms with Gasteiger partial charge in [0.05, 0.1) is 5.84 Å². The molecule has 0 bridgehead atoms. The third-order valence-corrected chi connectivity index (χ3v) is 2.29. The van der Waals surface area contributed by atoms with E-state index < -0.39 is 0 Å². The van der Waals surface area contributed by atoms with E-state index in [0.29, 0.717) is 12.4 Å². The molecule has 0 aromatic rings. The van der Waals surface area contributed by atoms with Crippen molar-refractivity contribution in [3.63, 3.8) is 0 Å². The number of amidine groups is 1. The molecule has 1 saturated heterocycles. The second-order valence-electron chi connectivity index (χ2n) is 3.66. The third kappa shape index (κ3) is 2.90. The predicted molar refractivity (Wildman–Crippen MR) is 55.6 cm³/mol. The van der Waals surface area contributed by atoms with Crippen LogP contribution in [-0.2, 0) is 0 Å². The summed E-state index contributed by atoms with van der Waals surface area (Å²) in [5, 5.41) is 10.4. The fourth-order valence-corrected chi connectivity index (χ4v) is 1.43. The number of likely N-dealkylation sites (tertiary alicyclic amines) is 1. The molecule has 1 fully saturated rings. The predicted octanol–water partition coefficient (Wildman–Crippen LogP) is 0.331. The highest BCUT2D eigenvalue weighted by atomic mass is 16.2. The van der Waals surface area contributed by atoms with Crippen LogP contribution >= 0.6 is 0 Å². The first-order valence-corrected chi connectivity index (χ1v) is 4.89. The van der Waals surface area contributed by atoms with E-state index >= 15 is 0 Å². The van der Waals surface area contributed by atoms with Gasteiger partial charge in [0, 0.05) is 40.2 Å². The standard InChI is InChI=1S/C9H18N4O/c1-12(2)9(14)11-5-7-13-6-3-4-8(13)10/h10H,3-7H2,1-2H3,(H,11,14). The lowest BCUT2D eigenvalue weighted by Gasteiger charge is -2.18. The first kappa shape index (κ1) is 10.8. The molecule has 80 valence electrons. The Morgan fingerprint density at radius 2 is 2.36 bits per heavy atom. The number of nitrogens with one attached hydrogen (secondary N) is 2. The van der Waals surface area contributed by atoms with Crippen molar-refractivity contribution in [1.82, 2.24) is 15.1 Å². The molecule has 0 unspecified atom stereocenters. The van der Waals surface area contributed by atoms with E-state index in [4.69, 9.17) is 5.41 Å². The Labute approximate surface area is 84.6 Å². The number of hydrogen-bond acceptors (Lipinski definition) is 2. The van der Waals surface area contributed by atoms with Crippen molar-refractivity contribution < 1.29 is 4.79 Å². The van der Waals surface area contributed by atoms with Gasteiger partial charge in [-0.15, -0.1) is 0 Å². The molecule has 5 heteroatoms. The summed E-state index contributed by atoms with van der Waals surface area (Å²) in [5.41, 5.74) is 0. The Morgan fingerprint density at radius 1 is 1.64 bits per heavy atom. The molecule has 0 saturated carbocycles. The molecule has 0 aromatic carbocycles. The van der Waals surface area contributed by atoms with Crippen LogP contribution in [0.2, 0.25) is 0 Å². The first-order valence-electron chi connectivity index (χ1n) is 4.89. The molecule has 0 aromatic heterocycles. The molecule has 0 spiro atoms. The largest absolute Gasteiger partial charge is 0.359 e. The zero-order valence-corrected chi connectivity index (χ0v) is 8.84. The number of nitrogens with zero attached hydrogens (tertiary/aromatic N) is 2. The molecule has 0 radical (unpaired) electrons. The minimum Gasteiger partial charge on any atom is -0.359 e. The van der Waals surface area contributed by atoms with Crippen LogP contribution < -0.4 is 5.32 Å². The van der Waals surface area contributed by atoms with Gasteiger partial charge in [0.15, 0.2) is 0 Å². The Balaban J connectivity index is 2.15. The monoisotopic (exact) mass is 198 g/mol. The van der Waals surface area contributed by atoms with E-state index in [1.165, 1.54) is 4.90 Å². The molecular formula is C9H18N4O. The van der Waals surface area contributed by atoms with Crippen molar-refractivity contribution in [2.45, 2.75) is 12.8 Å². The molecule has 2 N–H and O–H groups in total. The van der Waals surface area contributed by atoms with Gasteiger partial charge in [0.2, 0.25) is 0 Å². The van der Waals surface area contributed by atoms with Gasteiger partial charge in [-0.05, 0) is 6.42 Å². The maximum atomic E-state index is 11.1. The molecule has 1 heterocycles. The number of carbonyl (C=O) groups excluding carboxylic acids is 1. The maximum Gasteiger partial charge on any atom is 0.316 e. The Morgan fingerprint density at radius 3 is 2.86 bits per heavy atom. The molecule has 1 aliphatic heterocycles. The summed E-state index contributed by atoms with van der Waals surface area (Å²) in [6.07, 6.45) is 1.95. The molecule has 2 amide bonds. The summed E-state index contributed by atoms with van der Waals surface area (Å²) in [5.74, 6) is 0.698. The summed E-state index contributed by atoms with van der Waals surface area (Å²) >= 11 is 0. The topological polar surface area (TPSA) is 59.4 Å². The lowest BCUT2D eigenvalue weighted by molar-refractivity contribution is 0.216. The van der Waals surface area contributed by atoms with E-state index in [9.17, 15) is 4.79 Å². The molecule has 14 heavy (non-hydrogen) atoms. The fraction of sp³-hybridized carbons (Fsp3) is 0.778. The van der Waals surface area contributed by atoms with E-state index in [1.54, 1.807) is 14.1 Å². The van der Waals surface area contributed by atoms with Crippen molar-refractivity contribution in [1.29, 1.82) is 5.41 Å². The number of carbonyl (C=O) groups is 1. The van der Waals surface area contributed by atoms with E-state index in [-0.39, 0.29) is 6.03 Å². The van der Waals surface area contributed by atoms with Gasteiger partial charge in [-0.1, -0.05) is 0 Å².